The minimum absolute atomic E-state index is 0.150. The molecule has 0 radical (unpaired) electrons. The molecule has 6 aromatic carbocycles. The summed E-state index contributed by atoms with van der Waals surface area (Å²) in [5.41, 5.74) is 9.39. The van der Waals surface area contributed by atoms with E-state index in [-0.39, 0.29) is 5.41 Å². The maximum Gasteiger partial charge on any atom is 0.177 e. The Kier molecular flexibility index (Phi) is 6.09. The second-order valence-electron chi connectivity index (χ2n) is 12.4. The Morgan fingerprint density at radius 2 is 0.957 bits per heavy atom. The summed E-state index contributed by atoms with van der Waals surface area (Å²) in [6.45, 7) is 4.54. The minimum Gasteiger partial charge on any atom is -0.449 e. The van der Waals surface area contributed by atoms with Crippen molar-refractivity contribution in [2.75, 3.05) is 0 Å². The van der Waals surface area contributed by atoms with Crippen molar-refractivity contribution in [1.29, 1.82) is 0 Å². The lowest BCUT2D eigenvalue weighted by molar-refractivity contribution is 0.360. The van der Waals surface area contributed by atoms with Crippen molar-refractivity contribution in [3.8, 4) is 79.4 Å². The first-order valence-corrected chi connectivity index (χ1v) is 15.8. The van der Waals surface area contributed by atoms with Crippen LogP contribution in [0.4, 0.5) is 0 Å². The van der Waals surface area contributed by atoms with E-state index in [1.54, 1.807) is 0 Å². The quantitative estimate of drug-likeness (QED) is 0.199. The van der Waals surface area contributed by atoms with Crippen LogP contribution in [0.1, 0.15) is 25.0 Å². The summed E-state index contributed by atoms with van der Waals surface area (Å²) in [7, 11) is 0. The van der Waals surface area contributed by atoms with Gasteiger partial charge in [0.1, 0.15) is 0 Å². The standard InChI is InChI=1S/C42H29N3O2/c1-42(2)33-22-12-11-19-29(33)32-24-36-37(25-34(32)42)47-38-30(21-13-23-35(38)46-36)28-18-9-10-20-31(28)41-44-39(26-14-5-3-6-15-26)43-40(45-41)27-16-7-4-8-17-27/h3-25H,1-2H3. The molecule has 1 aliphatic carbocycles. The largest absolute Gasteiger partial charge is 0.449 e. The van der Waals surface area contributed by atoms with E-state index in [0.717, 1.165) is 27.8 Å². The molecule has 0 atom stereocenters. The molecule has 5 heteroatoms. The number of para-hydroxylation sites is 1. The molecule has 0 unspecified atom stereocenters. The van der Waals surface area contributed by atoms with Crippen LogP contribution in [0.5, 0.6) is 23.0 Å². The summed E-state index contributed by atoms with van der Waals surface area (Å²) in [6.07, 6.45) is 0. The lowest BCUT2D eigenvalue weighted by atomic mass is 9.82. The number of rotatable bonds is 4. The Balaban J connectivity index is 1.18. The minimum atomic E-state index is -0.150. The van der Waals surface area contributed by atoms with Crippen LogP contribution >= 0.6 is 0 Å². The smallest absolute Gasteiger partial charge is 0.177 e. The summed E-state index contributed by atoms with van der Waals surface area (Å²) in [6, 6.07) is 47.1. The molecule has 0 saturated carbocycles. The van der Waals surface area contributed by atoms with E-state index in [4.69, 9.17) is 24.4 Å². The highest BCUT2D eigenvalue weighted by molar-refractivity contribution is 5.88. The summed E-state index contributed by atoms with van der Waals surface area (Å²) < 4.78 is 13.4. The molecule has 0 N–H and O–H groups in total. The molecular formula is C42H29N3O2. The van der Waals surface area contributed by atoms with Gasteiger partial charge in [0, 0.05) is 27.7 Å². The average Bonchev–Trinajstić information content (AvgIpc) is 3.35. The second-order valence-corrected chi connectivity index (χ2v) is 12.4. The van der Waals surface area contributed by atoms with Gasteiger partial charge in [-0.25, -0.2) is 15.0 Å². The van der Waals surface area contributed by atoms with Gasteiger partial charge < -0.3 is 9.47 Å². The molecule has 47 heavy (non-hydrogen) atoms. The third-order valence-corrected chi connectivity index (χ3v) is 9.22. The molecule has 9 rings (SSSR count). The average molecular weight is 608 g/mol. The first-order chi connectivity index (χ1) is 23.0. The van der Waals surface area contributed by atoms with Crippen molar-refractivity contribution in [2.45, 2.75) is 19.3 Å². The Morgan fingerprint density at radius 1 is 0.404 bits per heavy atom. The molecule has 0 saturated heterocycles. The van der Waals surface area contributed by atoms with Crippen molar-refractivity contribution in [3.05, 3.63) is 151 Å². The first-order valence-electron chi connectivity index (χ1n) is 15.8. The van der Waals surface area contributed by atoms with Gasteiger partial charge in [0.05, 0.1) is 0 Å². The van der Waals surface area contributed by atoms with Gasteiger partial charge in [0.25, 0.3) is 0 Å². The van der Waals surface area contributed by atoms with Gasteiger partial charge in [-0.05, 0) is 46.0 Å². The number of hydrogen-bond acceptors (Lipinski definition) is 5. The molecule has 2 aliphatic rings. The zero-order valence-electron chi connectivity index (χ0n) is 25.9. The molecule has 1 aromatic heterocycles. The van der Waals surface area contributed by atoms with Crippen molar-refractivity contribution in [1.82, 2.24) is 15.0 Å². The lowest BCUT2D eigenvalue weighted by Gasteiger charge is -2.26. The molecule has 1 aliphatic heterocycles. The zero-order valence-corrected chi connectivity index (χ0v) is 25.9. The monoisotopic (exact) mass is 607 g/mol. The van der Waals surface area contributed by atoms with Crippen molar-refractivity contribution < 1.29 is 9.47 Å². The van der Waals surface area contributed by atoms with Crippen LogP contribution in [0.3, 0.4) is 0 Å². The van der Waals surface area contributed by atoms with E-state index < -0.39 is 0 Å². The predicted molar refractivity (Wildman–Crippen MR) is 186 cm³/mol. The highest BCUT2D eigenvalue weighted by atomic mass is 16.6. The SMILES string of the molecule is CC1(C)c2ccccc2-c2cc3c(cc21)Oc1c(cccc1-c1ccccc1-c1nc(-c2ccccc2)nc(-c2ccccc2)n1)O3. The van der Waals surface area contributed by atoms with Crippen LogP contribution in [0.25, 0.3) is 56.4 Å². The van der Waals surface area contributed by atoms with Crippen molar-refractivity contribution in [2.24, 2.45) is 0 Å². The summed E-state index contributed by atoms with van der Waals surface area (Å²) >= 11 is 0. The topological polar surface area (TPSA) is 57.1 Å². The predicted octanol–water partition coefficient (Wildman–Crippen LogP) is 10.7. The van der Waals surface area contributed by atoms with Crippen molar-refractivity contribution >= 4 is 0 Å². The maximum atomic E-state index is 6.78. The van der Waals surface area contributed by atoms with Crippen LogP contribution in [-0.4, -0.2) is 15.0 Å². The third kappa shape index (κ3) is 4.43. The number of hydrogen-bond donors (Lipinski definition) is 0. The van der Waals surface area contributed by atoms with E-state index in [0.29, 0.717) is 40.5 Å². The molecule has 224 valence electrons. The highest BCUT2D eigenvalue weighted by Crippen LogP contribution is 2.56. The van der Waals surface area contributed by atoms with Gasteiger partial charge in [-0.3, -0.25) is 0 Å². The summed E-state index contributed by atoms with van der Waals surface area (Å²) in [5, 5.41) is 0. The second kappa shape index (κ2) is 10.5. The molecule has 2 heterocycles. The van der Waals surface area contributed by atoms with E-state index in [1.807, 2.05) is 84.9 Å². The van der Waals surface area contributed by atoms with E-state index in [2.05, 4.69) is 68.4 Å². The van der Waals surface area contributed by atoms with E-state index >= 15 is 0 Å². The van der Waals surface area contributed by atoms with Gasteiger partial charge in [0.2, 0.25) is 0 Å². The third-order valence-electron chi connectivity index (χ3n) is 9.22. The molecule has 0 bridgehead atoms. The van der Waals surface area contributed by atoms with E-state index in [1.165, 1.54) is 22.3 Å². The van der Waals surface area contributed by atoms with E-state index in [9.17, 15) is 0 Å². The number of aromatic nitrogens is 3. The van der Waals surface area contributed by atoms with Gasteiger partial charge in [0.15, 0.2) is 40.5 Å². The van der Waals surface area contributed by atoms with Crippen LogP contribution < -0.4 is 9.47 Å². The Labute approximate surface area is 273 Å². The highest BCUT2D eigenvalue weighted by Gasteiger charge is 2.37. The first kappa shape index (κ1) is 27.3. The fourth-order valence-corrected chi connectivity index (χ4v) is 6.85. The number of ether oxygens (including phenoxy) is 2. The molecule has 0 spiro atoms. The maximum absolute atomic E-state index is 6.78. The van der Waals surface area contributed by atoms with Crippen LogP contribution in [0, 0.1) is 0 Å². The summed E-state index contributed by atoms with van der Waals surface area (Å²) in [5.74, 6) is 4.57. The molecule has 0 fully saturated rings. The number of nitrogens with zero attached hydrogens (tertiary/aromatic N) is 3. The van der Waals surface area contributed by atoms with Gasteiger partial charge >= 0.3 is 0 Å². The van der Waals surface area contributed by atoms with Crippen molar-refractivity contribution in [3.63, 3.8) is 0 Å². The summed E-state index contributed by atoms with van der Waals surface area (Å²) in [4.78, 5) is 14.9. The van der Waals surface area contributed by atoms with Crippen LogP contribution in [0.2, 0.25) is 0 Å². The molecular weight excluding hydrogens is 578 g/mol. The Hall–Kier alpha value is -6.07. The fourth-order valence-electron chi connectivity index (χ4n) is 6.85. The van der Waals surface area contributed by atoms with Crippen LogP contribution in [-0.2, 0) is 5.41 Å². The Bertz CT molecular complexity index is 2270. The van der Waals surface area contributed by atoms with Gasteiger partial charge in [-0.1, -0.05) is 135 Å². The molecule has 0 amide bonds. The molecule has 7 aromatic rings. The van der Waals surface area contributed by atoms with Gasteiger partial charge in [-0.15, -0.1) is 0 Å². The van der Waals surface area contributed by atoms with Gasteiger partial charge in [-0.2, -0.15) is 0 Å². The van der Waals surface area contributed by atoms with Crippen LogP contribution in [0.15, 0.2) is 140 Å². The number of fused-ring (bicyclic) bond motifs is 5. The normalized spacial score (nSPS) is 13.4. The zero-order chi connectivity index (χ0) is 31.5. The lowest BCUT2D eigenvalue weighted by Crippen LogP contribution is -2.15. The fraction of sp³-hybridized carbons (Fsp3) is 0.0714. The Morgan fingerprint density at radius 3 is 1.66 bits per heavy atom. The number of benzene rings is 6. The molecule has 5 nitrogen and oxygen atoms in total.